The average molecular weight is 395 g/mol. The fourth-order valence-electron chi connectivity index (χ4n) is 2.00. The topological polar surface area (TPSA) is 98.8 Å². The van der Waals surface area contributed by atoms with E-state index >= 15 is 0 Å². The number of rotatable bonds is 9. The van der Waals surface area contributed by atoms with E-state index in [-0.39, 0.29) is 23.9 Å². The lowest BCUT2D eigenvalue weighted by molar-refractivity contribution is -0.142. The number of hydrogen-bond donors (Lipinski definition) is 1. The maximum atomic E-state index is 12.7. The molecule has 0 unspecified atom stereocenters. The maximum absolute atomic E-state index is 12.7. The van der Waals surface area contributed by atoms with Crippen LogP contribution in [0.1, 0.15) is 17.3 Å². The second-order valence-corrected chi connectivity index (χ2v) is 7.19. The Bertz CT molecular complexity index is 894. The van der Waals surface area contributed by atoms with Gasteiger partial charge in [0.2, 0.25) is 10.0 Å². The summed E-state index contributed by atoms with van der Waals surface area (Å²) in [6, 6.07) is 10.7. The van der Waals surface area contributed by atoms with Crippen molar-refractivity contribution in [2.75, 3.05) is 19.8 Å². The fraction of sp³-hybridized carbons (Fsp3) is 0.222. The SMILES string of the molecule is CC(=O)c1ccc(S(=O)(=O)NCC(=O)OCCOc2ccc(F)cc2)cc1. The summed E-state index contributed by atoms with van der Waals surface area (Å²) in [4.78, 5) is 22.8. The second kappa shape index (κ2) is 9.24. The molecule has 9 heteroatoms. The zero-order chi connectivity index (χ0) is 19.9. The van der Waals surface area contributed by atoms with Gasteiger partial charge in [0.1, 0.15) is 31.3 Å². The lowest BCUT2D eigenvalue weighted by atomic mass is 10.2. The molecule has 0 aliphatic heterocycles. The molecule has 0 fully saturated rings. The zero-order valence-electron chi connectivity index (χ0n) is 14.5. The number of Topliss-reactive ketones (excluding diaryl/α,β-unsaturated/α-hetero) is 1. The van der Waals surface area contributed by atoms with Gasteiger partial charge in [-0.2, -0.15) is 4.72 Å². The molecule has 144 valence electrons. The summed E-state index contributed by atoms with van der Waals surface area (Å²) >= 11 is 0. The number of halogens is 1. The number of hydrogen-bond acceptors (Lipinski definition) is 6. The van der Waals surface area contributed by atoms with E-state index in [4.69, 9.17) is 9.47 Å². The zero-order valence-corrected chi connectivity index (χ0v) is 15.3. The van der Waals surface area contributed by atoms with Gasteiger partial charge in [0.25, 0.3) is 0 Å². The first-order valence-electron chi connectivity index (χ1n) is 7.92. The number of nitrogens with one attached hydrogen (secondary N) is 1. The Balaban J connectivity index is 1.75. The molecular weight excluding hydrogens is 377 g/mol. The van der Waals surface area contributed by atoms with Gasteiger partial charge in [-0.1, -0.05) is 12.1 Å². The van der Waals surface area contributed by atoms with Crippen molar-refractivity contribution < 1.29 is 31.9 Å². The Morgan fingerprint density at radius 3 is 2.22 bits per heavy atom. The van der Waals surface area contributed by atoms with E-state index in [2.05, 4.69) is 4.72 Å². The first-order chi connectivity index (χ1) is 12.8. The van der Waals surface area contributed by atoms with Gasteiger partial charge >= 0.3 is 5.97 Å². The van der Waals surface area contributed by atoms with Gasteiger partial charge in [0.15, 0.2) is 5.78 Å². The molecule has 7 nitrogen and oxygen atoms in total. The van der Waals surface area contributed by atoms with Crippen molar-refractivity contribution in [2.45, 2.75) is 11.8 Å². The number of ether oxygens (including phenoxy) is 2. The molecule has 0 aliphatic carbocycles. The van der Waals surface area contributed by atoms with Gasteiger partial charge in [-0.05, 0) is 43.3 Å². The van der Waals surface area contributed by atoms with Gasteiger partial charge < -0.3 is 9.47 Å². The second-order valence-electron chi connectivity index (χ2n) is 5.43. The number of sulfonamides is 1. The monoisotopic (exact) mass is 395 g/mol. The molecule has 27 heavy (non-hydrogen) atoms. The Morgan fingerprint density at radius 1 is 1.00 bits per heavy atom. The quantitative estimate of drug-likeness (QED) is 0.396. The van der Waals surface area contributed by atoms with E-state index in [0.717, 1.165) is 0 Å². The fourth-order valence-corrected chi connectivity index (χ4v) is 2.97. The van der Waals surface area contributed by atoms with Crippen LogP contribution in [-0.2, 0) is 19.6 Å². The summed E-state index contributed by atoms with van der Waals surface area (Å²) < 4.78 is 49.2. The lowest BCUT2D eigenvalue weighted by Crippen LogP contribution is -2.31. The molecule has 0 amide bonds. The Morgan fingerprint density at radius 2 is 1.63 bits per heavy atom. The van der Waals surface area contributed by atoms with Gasteiger partial charge in [-0.3, -0.25) is 9.59 Å². The predicted octanol–water partition coefficient (Wildman–Crippen LogP) is 1.93. The van der Waals surface area contributed by atoms with E-state index in [1.165, 1.54) is 55.5 Å². The molecule has 0 heterocycles. The number of benzene rings is 2. The lowest BCUT2D eigenvalue weighted by Gasteiger charge is -2.09. The molecule has 2 aromatic rings. The number of carbonyl (C=O) groups is 2. The van der Waals surface area contributed by atoms with Crippen LogP contribution in [0.3, 0.4) is 0 Å². The van der Waals surface area contributed by atoms with Crippen molar-refractivity contribution in [2.24, 2.45) is 0 Å². The molecule has 0 bridgehead atoms. The van der Waals surface area contributed by atoms with Crippen LogP contribution in [0.25, 0.3) is 0 Å². The van der Waals surface area contributed by atoms with Crippen LogP contribution in [0, 0.1) is 5.82 Å². The highest BCUT2D eigenvalue weighted by atomic mass is 32.2. The smallest absolute Gasteiger partial charge is 0.321 e. The van der Waals surface area contributed by atoms with E-state index in [1.54, 1.807) is 0 Å². The van der Waals surface area contributed by atoms with Crippen LogP contribution in [0.4, 0.5) is 4.39 Å². The van der Waals surface area contributed by atoms with Crippen LogP contribution in [0.5, 0.6) is 5.75 Å². The predicted molar refractivity (Wildman–Crippen MR) is 94.5 cm³/mol. The summed E-state index contributed by atoms with van der Waals surface area (Å²) in [6.07, 6.45) is 0. The molecule has 0 saturated carbocycles. The van der Waals surface area contributed by atoms with E-state index in [1.807, 2.05) is 0 Å². The van der Waals surface area contributed by atoms with Crippen molar-refractivity contribution in [1.82, 2.24) is 4.72 Å². The van der Waals surface area contributed by atoms with Crippen LogP contribution in [0.2, 0.25) is 0 Å². The minimum atomic E-state index is -3.90. The molecule has 0 aromatic heterocycles. The molecule has 0 aliphatic rings. The van der Waals surface area contributed by atoms with Crippen LogP contribution >= 0.6 is 0 Å². The van der Waals surface area contributed by atoms with E-state index < -0.39 is 28.4 Å². The average Bonchev–Trinajstić information content (AvgIpc) is 2.65. The normalized spacial score (nSPS) is 11.0. The van der Waals surface area contributed by atoms with Gasteiger partial charge in [-0.25, -0.2) is 12.8 Å². The summed E-state index contributed by atoms with van der Waals surface area (Å²) in [6.45, 7) is 0.771. The van der Waals surface area contributed by atoms with Crippen molar-refractivity contribution in [3.63, 3.8) is 0 Å². The third-order valence-corrected chi connectivity index (χ3v) is 4.82. The summed E-state index contributed by atoms with van der Waals surface area (Å²) in [5.41, 5.74) is 0.384. The Hall–Kier alpha value is -2.78. The van der Waals surface area contributed by atoms with Crippen molar-refractivity contribution >= 4 is 21.8 Å². The molecule has 2 aromatic carbocycles. The molecule has 0 atom stereocenters. The van der Waals surface area contributed by atoms with Gasteiger partial charge in [0, 0.05) is 5.56 Å². The van der Waals surface area contributed by atoms with E-state index in [9.17, 15) is 22.4 Å². The highest BCUT2D eigenvalue weighted by molar-refractivity contribution is 7.89. The third-order valence-electron chi connectivity index (χ3n) is 3.41. The first kappa shape index (κ1) is 20.5. The molecule has 2 rings (SSSR count). The Labute approximate surface area is 156 Å². The summed E-state index contributed by atoms with van der Waals surface area (Å²) in [5, 5.41) is 0. The third kappa shape index (κ3) is 6.46. The van der Waals surface area contributed by atoms with Gasteiger partial charge in [0.05, 0.1) is 4.90 Å². The minimum Gasteiger partial charge on any atom is -0.490 e. The molecular formula is C18H18FNO6S. The number of ketones is 1. The standard InChI is InChI=1S/C18H18FNO6S/c1-13(21)14-2-8-17(9-3-14)27(23,24)20-12-18(22)26-11-10-25-16-6-4-15(19)5-7-16/h2-9,20H,10-12H2,1H3. The number of esters is 1. The highest BCUT2D eigenvalue weighted by Gasteiger charge is 2.16. The van der Waals surface area contributed by atoms with E-state index in [0.29, 0.717) is 11.3 Å². The molecule has 0 radical (unpaired) electrons. The molecule has 0 saturated heterocycles. The summed E-state index contributed by atoms with van der Waals surface area (Å²) in [5.74, 6) is -0.931. The minimum absolute atomic E-state index is 0.0383. The van der Waals surface area contributed by atoms with Crippen LogP contribution < -0.4 is 9.46 Å². The molecule has 1 N–H and O–H groups in total. The molecule has 0 spiro atoms. The highest BCUT2D eigenvalue weighted by Crippen LogP contribution is 2.11. The Kier molecular flexibility index (Phi) is 7.03. The maximum Gasteiger partial charge on any atom is 0.321 e. The van der Waals surface area contributed by atoms with Crippen molar-refractivity contribution in [3.05, 3.63) is 59.9 Å². The van der Waals surface area contributed by atoms with Crippen molar-refractivity contribution in [3.8, 4) is 5.75 Å². The van der Waals surface area contributed by atoms with Crippen molar-refractivity contribution in [1.29, 1.82) is 0 Å². The van der Waals surface area contributed by atoms with Gasteiger partial charge in [-0.15, -0.1) is 0 Å². The van der Waals surface area contributed by atoms with Crippen LogP contribution in [-0.4, -0.2) is 39.9 Å². The summed E-state index contributed by atoms with van der Waals surface area (Å²) in [7, 11) is -3.90. The largest absolute Gasteiger partial charge is 0.490 e. The first-order valence-corrected chi connectivity index (χ1v) is 9.41. The number of carbonyl (C=O) groups excluding carboxylic acids is 2. The van der Waals surface area contributed by atoms with Crippen LogP contribution in [0.15, 0.2) is 53.4 Å².